The summed E-state index contributed by atoms with van der Waals surface area (Å²) in [6.07, 6.45) is -4.27. The van der Waals surface area contributed by atoms with Gasteiger partial charge in [-0.1, -0.05) is 0 Å². The Morgan fingerprint density at radius 1 is 1.48 bits per heavy atom. The Kier molecular flexibility index (Phi) is 4.08. The van der Waals surface area contributed by atoms with E-state index >= 15 is 0 Å². The van der Waals surface area contributed by atoms with Crippen molar-refractivity contribution in [2.75, 3.05) is 12.3 Å². The number of nitrogens with one attached hydrogen (secondary N) is 1. The molecule has 5 nitrogen and oxygen atoms in total. The third kappa shape index (κ3) is 3.26. The van der Waals surface area contributed by atoms with E-state index in [1.165, 1.54) is 10.6 Å². The minimum Gasteiger partial charge on any atom is -0.383 e. The Bertz CT molecular complexity index is 698. The maximum Gasteiger partial charge on any atom is 0.390 e. The second-order valence-electron chi connectivity index (χ2n) is 4.14. The molecule has 0 aliphatic carbocycles. The van der Waals surface area contributed by atoms with Crippen LogP contribution in [0.15, 0.2) is 16.7 Å². The highest BCUT2D eigenvalue weighted by Gasteiger charge is 2.27. The van der Waals surface area contributed by atoms with Gasteiger partial charge in [0.1, 0.15) is 11.6 Å². The van der Waals surface area contributed by atoms with E-state index in [9.17, 15) is 22.4 Å². The van der Waals surface area contributed by atoms with Crippen LogP contribution in [-0.2, 0) is 0 Å². The average molecular weight is 369 g/mol. The molecule has 0 unspecified atom stereocenters. The van der Waals surface area contributed by atoms with Crippen LogP contribution in [0.4, 0.5) is 23.4 Å². The Morgan fingerprint density at radius 2 is 2.14 bits per heavy atom. The number of rotatable bonds is 3. The molecule has 0 fully saturated rings. The zero-order valence-electron chi connectivity index (χ0n) is 10.3. The fourth-order valence-electron chi connectivity index (χ4n) is 1.64. The number of nitrogen functional groups attached to an aromatic ring is 1. The molecule has 0 saturated carbocycles. The van der Waals surface area contributed by atoms with Gasteiger partial charge in [-0.2, -0.15) is 13.2 Å². The van der Waals surface area contributed by atoms with Crippen molar-refractivity contribution < 1.29 is 22.4 Å². The maximum absolute atomic E-state index is 13.4. The van der Waals surface area contributed by atoms with Crippen molar-refractivity contribution in [1.82, 2.24) is 14.7 Å². The van der Waals surface area contributed by atoms with Crippen LogP contribution >= 0.6 is 15.9 Å². The maximum atomic E-state index is 13.4. The molecule has 10 heteroatoms. The molecule has 2 heterocycles. The van der Waals surface area contributed by atoms with Crippen LogP contribution < -0.4 is 11.1 Å². The molecule has 0 radical (unpaired) electrons. The molecule has 0 aliphatic heterocycles. The summed E-state index contributed by atoms with van der Waals surface area (Å²) in [5.41, 5.74) is 5.49. The zero-order valence-corrected chi connectivity index (χ0v) is 11.9. The molecular formula is C11H9BrF4N4O. The van der Waals surface area contributed by atoms with Gasteiger partial charge in [0.2, 0.25) is 0 Å². The number of carbonyl (C=O) groups is 1. The molecule has 0 bridgehead atoms. The van der Waals surface area contributed by atoms with Crippen molar-refractivity contribution in [3.05, 3.63) is 28.2 Å². The second-order valence-corrected chi connectivity index (χ2v) is 4.93. The van der Waals surface area contributed by atoms with Gasteiger partial charge in [-0.05, 0) is 22.0 Å². The number of nitrogens with two attached hydrogens (primary N) is 1. The summed E-state index contributed by atoms with van der Waals surface area (Å²) in [6.45, 7) is -0.592. The van der Waals surface area contributed by atoms with Crippen LogP contribution in [0.25, 0.3) is 5.65 Å². The number of aromatic nitrogens is 2. The SMILES string of the molecule is Nc1c(C(=O)NCCC(F)(F)F)nc2c(Br)c(F)ccn12. The van der Waals surface area contributed by atoms with E-state index in [0.29, 0.717) is 0 Å². The first-order chi connectivity index (χ1) is 9.70. The lowest BCUT2D eigenvalue weighted by molar-refractivity contribution is -0.132. The van der Waals surface area contributed by atoms with E-state index in [1.54, 1.807) is 0 Å². The van der Waals surface area contributed by atoms with Crippen molar-refractivity contribution in [3.8, 4) is 0 Å². The standard InChI is InChI=1S/C11H9BrF4N4O/c12-6-5(13)1-4-20-8(17)7(19-9(6)20)10(21)18-3-2-11(14,15)16/h1,4H,2-3,17H2,(H,18,21). The quantitative estimate of drug-likeness (QED) is 0.817. The molecule has 114 valence electrons. The Morgan fingerprint density at radius 3 is 2.76 bits per heavy atom. The fourth-order valence-corrected chi connectivity index (χ4v) is 2.05. The molecule has 0 saturated heterocycles. The van der Waals surface area contributed by atoms with Gasteiger partial charge in [0, 0.05) is 12.7 Å². The van der Waals surface area contributed by atoms with E-state index < -0.39 is 30.9 Å². The Labute approximate surface area is 124 Å². The summed E-state index contributed by atoms with van der Waals surface area (Å²) in [5.74, 6) is -1.54. The highest BCUT2D eigenvalue weighted by molar-refractivity contribution is 9.10. The summed E-state index contributed by atoms with van der Waals surface area (Å²) >= 11 is 2.96. The molecule has 2 aromatic rings. The van der Waals surface area contributed by atoms with Gasteiger partial charge in [0.05, 0.1) is 10.9 Å². The summed E-state index contributed by atoms with van der Waals surface area (Å²) in [5, 5.41) is 2.07. The predicted octanol–water partition coefficient (Wildman–Crippen LogP) is 2.50. The fraction of sp³-hybridized carbons (Fsp3) is 0.273. The van der Waals surface area contributed by atoms with Crippen LogP contribution in [0, 0.1) is 5.82 Å². The molecule has 21 heavy (non-hydrogen) atoms. The van der Waals surface area contributed by atoms with Crippen LogP contribution in [0.1, 0.15) is 16.9 Å². The zero-order chi connectivity index (χ0) is 15.8. The summed E-state index contributed by atoms with van der Waals surface area (Å²) in [7, 11) is 0. The molecule has 0 atom stereocenters. The van der Waals surface area contributed by atoms with E-state index in [1.807, 2.05) is 0 Å². The first-order valence-electron chi connectivity index (χ1n) is 5.67. The molecular weight excluding hydrogens is 360 g/mol. The minimum absolute atomic E-state index is 0.00559. The van der Waals surface area contributed by atoms with Crippen molar-refractivity contribution in [2.45, 2.75) is 12.6 Å². The number of nitrogens with zero attached hydrogens (tertiary/aromatic N) is 2. The average Bonchev–Trinajstić information content (AvgIpc) is 2.70. The van der Waals surface area contributed by atoms with E-state index in [4.69, 9.17) is 5.73 Å². The molecule has 2 aromatic heterocycles. The lowest BCUT2D eigenvalue weighted by Gasteiger charge is -2.06. The summed E-state index contributed by atoms with van der Waals surface area (Å²) in [6, 6.07) is 1.11. The van der Waals surface area contributed by atoms with Gasteiger partial charge in [-0.15, -0.1) is 0 Å². The number of amides is 1. The lowest BCUT2D eigenvalue weighted by Crippen LogP contribution is -2.28. The number of hydrogen-bond donors (Lipinski definition) is 2. The predicted molar refractivity (Wildman–Crippen MR) is 70.3 cm³/mol. The summed E-state index contributed by atoms with van der Waals surface area (Å²) < 4.78 is 50.6. The largest absolute Gasteiger partial charge is 0.390 e. The molecule has 0 spiro atoms. The third-order valence-corrected chi connectivity index (χ3v) is 3.37. The first-order valence-corrected chi connectivity index (χ1v) is 6.46. The normalized spacial score (nSPS) is 11.9. The molecule has 0 aromatic carbocycles. The van der Waals surface area contributed by atoms with Gasteiger partial charge in [0.25, 0.3) is 5.91 Å². The number of hydrogen-bond acceptors (Lipinski definition) is 3. The van der Waals surface area contributed by atoms with Gasteiger partial charge in [-0.3, -0.25) is 9.20 Å². The van der Waals surface area contributed by atoms with Crippen LogP contribution in [0.2, 0.25) is 0 Å². The highest BCUT2D eigenvalue weighted by atomic mass is 79.9. The van der Waals surface area contributed by atoms with Crippen molar-refractivity contribution in [2.24, 2.45) is 0 Å². The Balaban J connectivity index is 2.24. The lowest BCUT2D eigenvalue weighted by atomic mass is 10.3. The Hall–Kier alpha value is -1.84. The number of imidazole rings is 1. The van der Waals surface area contributed by atoms with Crippen LogP contribution in [0.5, 0.6) is 0 Å². The van der Waals surface area contributed by atoms with Gasteiger partial charge in [-0.25, -0.2) is 9.37 Å². The summed E-state index contributed by atoms with van der Waals surface area (Å²) in [4.78, 5) is 15.6. The minimum atomic E-state index is -4.37. The monoisotopic (exact) mass is 368 g/mol. The topological polar surface area (TPSA) is 72.4 Å². The molecule has 0 aliphatic rings. The number of alkyl halides is 3. The second kappa shape index (κ2) is 5.51. The van der Waals surface area contributed by atoms with Gasteiger partial charge < -0.3 is 11.1 Å². The molecule has 2 rings (SSSR count). The number of halogens is 5. The number of pyridine rings is 1. The van der Waals surface area contributed by atoms with Crippen molar-refractivity contribution in [3.63, 3.8) is 0 Å². The van der Waals surface area contributed by atoms with Crippen LogP contribution in [0.3, 0.4) is 0 Å². The van der Waals surface area contributed by atoms with E-state index in [0.717, 1.165) is 6.07 Å². The van der Waals surface area contributed by atoms with E-state index in [-0.39, 0.29) is 21.6 Å². The molecule has 1 amide bonds. The van der Waals surface area contributed by atoms with Gasteiger partial charge >= 0.3 is 6.18 Å². The smallest absolute Gasteiger partial charge is 0.383 e. The highest BCUT2D eigenvalue weighted by Crippen LogP contribution is 2.25. The number of anilines is 1. The third-order valence-electron chi connectivity index (χ3n) is 2.63. The first kappa shape index (κ1) is 15.5. The van der Waals surface area contributed by atoms with Crippen molar-refractivity contribution >= 4 is 33.3 Å². The molecule has 3 N–H and O–H groups in total. The van der Waals surface area contributed by atoms with Crippen LogP contribution in [-0.4, -0.2) is 28.0 Å². The van der Waals surface area contributed by atoms with E-state index in [2.05, 4.69) is 26.2 Å². The van der Waals surface area contributed by atoms with Crippen molar-refractivity contribution in [1.29, 1.82) is 0 Å². The number of fused-ring (bicyclic) bond motifs is 1. The van der Waals surface area contributed by atoms with Gasteiger partial charge in [0.15, 0.2) is 11.3 Å². The number of carbonyl (C=O) groups excluding carboxylic acids is 1.